The summed E-state index contributed by atoms with van der Waals surface area (Å²) in [5.74, 6) is 0.863. The zero-order chi connectivity index (χ0) is 17.4. The average molecular weight is 406 g/mol. The highest BCUT2D eigenvalue weighted by Gasteiger charge is 1.99. The number of thiocarbonyl (C=S) groups is 1. The number of nitrogens with zero attached hydrogens (tertiary/aromatic N) is 1. The van der Waals surface area contributed by atoms with E-state index < -0.39 is 0 Å². The molecular formula is C18H20BrN3OS. The molecule has 0 atom stereocenters. The Labute approximate surface area is 156 Å². The molecule has 3 N–H and O–H groups in total. The second-order valence-corrected chi connectivity index (χ2v) is 6.74. The van der Waals surface area contributed by atoms with Gasteiger partial charge in [0.2, 0.25) is 0 Å². The summed E-state index contributed by atoms with van der Waals surface area (Å²) in [5, 5.41) is 4.28. The van der Waals surface area contributed by atoms with Crippen molar-refractivity contribution in [2.45, 2.75) is 26.4 Å². The Morgan fingerprint density at radius 3 is 2.38 bits per heavy atom. The molecule has 0 aliphatic carbocycles. The number of benzene rings is 2. The summed E-state index contributed by atoms with van der Waals surface area (Å²) in [6, 6.07) is 16.2. The largest absolute Gasteiger partial charge is 0.489 e. The summed E-state index contributed by atoms with van der Waals surface area (Å²) in [5.41, 5.74) is 11.3. The normalized spacial score (nSPS) is 11.2. The molecule has 0 heterocycles. The van der Waals surface area contributed by atoms with Crippen LogP contribution in [0.3, 0.4) is 0 Å². The topological polar surface area (TPSA) is 59.6 Å². The third-order valence-electron chi connectivity index (χ3n) is 3.37. The van der Waals surface area contributed by atoms with Gasteiger partial charge in [0.1, 0.15) is 12.4 Å². The van der Waals surface area contributed by atoms with Crippen LogP contribution < -0.4 is 15.9 Å². The lowest BCUT2D eigenvalue weighted by Gasteiger charge is -2.08. The molecule has 0 bridgehead atoms. The van der Waals surface area contributed by atoms with Crippen LogP contribution in [0.25, 0.3) is 0 Å². The fourth-order valence-corrected chi connectivity index (χ4v) is 2.34. The first kappa shape index (κ1) is 18.4. The predicted octanol–water partition coefficient (Wildman–Crippen LogP) is 4.17. The van der Waals surface area contributed by atoms with Crippen LogP contribution in [0, 0.1) is 0 Å². The van der Waals surface area contributed by atoms with Gasteiger partial charge in [0.25, 0.3) is 0 Å². The Morgan fingerprint density at radius 1 is 1.12 bits per heavy atom. The molecule has 2 aromatic carbocycles. The number of ether oxygens (including phenoxy) is 1. The van der Waals surface area contributed by atoms with E-state index in [4.69, 9.17) is 22.7 Å². The van der Waals surface area contributed by atoms with Crippen LogP contribution in [0.4, 0.5) is 0 Å². The molecule has 0 unspecified atom stereocenters. The number of rotatable bonds is 7. The molecule has 2 aromatic rings. The molecule has 0 aliphatic rings. The number of nitrogens with two attached hydrogens (primary N) is 1. The maximum absolute atomic E-state index is 5.80. The summed E-state index contributed by atoms with van der Waals surface area (Å²) in [6.45, 7) is 2.50. The molecule has 6 heteroatoms. The number of hydrogen-bond acceptors (Lipinski definition) is 3. The van der Waals surface area contributed by atoms with Crippen molar-refractivity contribution in [3.05, 3.63) is 64.1 Å². The fourth-order valence-electron chi connectivity index (χ4n) is 2.03. The summed E-state index contributed by atoms with van der Waals surface area (Å²) < 4.78 is 6.87. The number of halogens is 1. The van der Waals surface area contributed by atoms with Gasteiger partial charge in [-0.25, -0.2) is 0 Å². The van der Waals surface area contributed by atoms with E-state index in [1.165, 1.54) is 5.56 Å². The molecule has 0 saturated heterocycles. The summed E-state index contributed by atoms with van der Waals surface area (Å²) >= 11 is 8.14. The van der Waals surface area contributed by atoms with Crippen LogP contribution >= 0.6 is 28.1 Å². The summed E-state index contributed by atoms with van der Waals surface area (Å²) in [7, 11) is 0. The van der Waals surface area contributed by atoms with E-state index in [9.17, 15) is 0 Å². The van der Waals surface area contributed by atoms with E-state index >= 15 is 0 Å². The maximum Gasteiger partial charge on any atom is 0.184 e. The van der Waals surface area contributed by atoms with E-state index in [0.29, 0.717) is 6.61 Å². The zero-order valence-corrected chi connectivity index (χ0v) is 15.9. The zero-order valence-electron chi connectivity index (χ0n) is 13.5. The second kappa shape index (κ2) is 9.39. The van der Waals surface area contributed by atoms with Gasteiger partial charge in [-0.1, -0.05) is 40.2 Å². The van der Waals surface area contributed by atoms with Gasteiger partial charge in [-0.2, -0.15) is 5.10 Å². The molecule has 0 amide bonds. The lowest BCUT2D eigenvalue weighted by atomic mass is 10.1. The van der Waals surface area contributed by atoms with E-state index in [2.05, 4.69) is 38.6 Å². The van der Waals surface area contributed by atoms with Gasteiger partial charge in [-0.3, -0.25) is 5.43 Å². The van der Waals surface area contributed by atoms with Gasteiger partial charge in [-0.15, -0.1) is 0 Å². The van der Waals surface area contributed by atoms with E-state index in [0.717, 1.165) is 34.3 Å². The van der Waals surface area contributed by atoms with Crippen molar-refractivity contribution in [3.63, 3.8) is 0 Å². The first-order chi connectivity index (χ1) is 11.5. The van der Waals surface area contributed by atoms with Crippen LogP contribution in [0.1, 0.15) is 24.5 Å². The van der Waals surface area contributed by atoms with E-state index in [1.54, 1.807) is 0 Å². The summed E-state index contributed by atoms with van der Waals surface area (Å²) in [4.78, 5) is 0. The molecule has 126 valence electrons. The molecule has 2 rings (SSSR count). The molecule has 0 saturated carbocycles. The molecule has 24 heavy (non-hydrogen) atoms. The molecule has 0 aromatic heterocycles. The Balaban J connectivity index is 1.81. The third kappa shape index (κ3) is 6.68. The number of hydrogen-bond donors (Lipinski definition) is 2. The minimum absolute atomic E-state index is 0.182. The predicted molar refractivity (Wildman–Crippen MR) is 106 cm³/mol. The van der Waals surface area contributed by atoms with Crippen molar-refractivity contribution in [2.24, 2.45) is 10.8 Å². The standard InChI is InChI=1S/C18H20BrN3OS/c1-13(21-22-18(20)24)2-3-14-6-10-17(11-7-14)23-12-15-4-8-16(19)9-5-15/h4-11H,2-3,12H2,1H3,(H3,20,22,24)/b21-13+. The number of nitrogens with one attached hydrogen (secondary N) is 1. The smallest absolute Gasteiger partial charge is 0.184 e. The molecule has 0 spiro atoms. The van der Waals surface area contributed by atoms with Crippen LogP contribution in [0.2, 0.25) is 0 Å². The van der Waals surface area contributed by atoms with Crippen molar-refractivity contribution in [3.8, 4) is 5.75 Å². The third-order valence-corrected chi connectivity index (χ3v) is 3.99. The lowest BCUT2D eigenvalue weighted by Crippen LogP contribution is -2.25. The Bertz CT molecular complexity index is 699. The molecule has 4 nitrogen and oxygen atoms in total. The van der Waals surface area contributed by atoms with E-state index in [-0.39, 0.29) is 5.11 Å². The summed E-state index contributed by atoms with van der Waals surface area (Å²) in [6.07, 6.45) is 1.75. The SMILES string of the molecule is C/C(CCc1ccc(OCc2ccc(Br)cc2)cc1)=N\NC(N)=S. The number of hydrazone groups is 1. The molecule has 0 aliphatic heterocycles. The molecular weight excluding hydrogens is 386 g/mol. The lowest BCUT2D eigenvalue weighted by molar-refractivity contribution is 0.306. The average Bonchev–Trinajstić information content (AvgIpc) is 2.58. The monoisotopic (exact) mass is 405 g/mol. The minimum atomic E-state index is 0.182. The van der Waals surface area contributed by atoms with Gasteiger partial charge in [-0.05, 0) is 67.4 Å². The number of aryl methyl sites for hydroxylation is 1. The van der Waals surface area contributed by atoms with Gasteiger partial charge >= 0.3 is 0 Å². The van der Waals surface area contributed by atoms with Crippen molar-refractivity contribution in [1.82, 2.24) is 5.43 Å². The van der Waals surface area contributed by atoms with Crippen LogP contribution in [0.5, 0.6) is 5.75 Å². The quantitative estimate of drug-likeness (QED) is 0.412. The maximum atomic E-state index is 5.80. The Kier molecular flexibility index (Phi) is 7.21. The molecule has 0 radical (unpaired) electrons. The first-order valence-corrected chi connectivity index (χ1v) is 8.78. The van der Waals surface area contributed by atoms with Crippen molar-refractivity contribution >= 4 is 39.0 Å². The Morgan fingerprint density at radius 2 is 1.75 bits per heavy atom. The van der Waals surface area contributed by atoms with Crippen LogP contribution in [0.15, 0.2) is 58.1 Å². The van der Waals surface area contributed by atoms with Gasteiger partial charge in [0.05, 0.1) is 0 Å². The van der Waals surface area contributed by atoms with Crippen LogP contribution in [-0.2, 0) is 13.0 Å². The minimum Gasteiger partial charge on any atom is -0.489 e. The highest BCUT2D eigenvalue weighted by molar-refractivity contribution is 9.10. The van der Waals surface area contributed by atoms with Crippen molar-refractivity contribution < 1.29 is 4.74 Å². The van der Waals surface area contributed by atoms with E-state index in [1.807, 2.05) is 43.3 Å². The molecule has 0 fully saturated rings. The van der Waals surface area contributed by atoms with Crippen molar-refractivity contribution in [2.75, 3.05) is 0 Å². The fraction of sp³-hybridized carbons (Fsp3) is 0.222. The highest BCUT2D eigenvalue weighted by Crippen LogP contribution is 2.16. The van der Waals surface area contributed by atoms with Crippen LogP contribution in [-0.4, -0.2) is 10.8 Å². The van der Waals surface area contributed by atoms with Gasteiger partial charge in [0.15, 0.2) is 5.11 Å². The first-order valence-electron chi connectivity index (χ1n) is 7.58. The van der Waals surface area contributed by atoms with Crippen molar-refractivity contribution in [1.29, 1.82) is 0 Å². The second-order valence-electron chi connectivity index (χ2n) is 5.38. The van der Waals surface area contributed by atoms with Gasteiger partial charge in [0, 0.05) is 10.2 Å². The highest BCUT2D eigenvalue weighted by atomic mass is 79.9. The Hall–Kier alpha value is -1.92. The van der Waals surface area contributed by atoms with Gasteiger partial charge < -0.3 is 10.5 Å².